The first-order valence-corrected chi connectivity index (χ1v) is 11.3. The molecule has 1 saturated heterocycles. The number of methoxy groups -OCH3 is 1. The average Bonchev–Trinajstić information content (AvgIpc) is 2.79. The zero-order valence-electron chi connectivity index (χ0n) is 17.4. The number of morpholine rings is 1. The number of nitrogens with one attached hydrogen (secondary N) is 2. The Labute approximate surface area is 181 Å². The zero-order valence-corrected chi connectivity index (χ0v) is 18.2. The molecule has 166 valence electrons. The van der Waals surface area contributed by atoms with Crippen molar-refractivity contribution < 1.29 is 27.5 Å². The highest BCUT2D eigenvalue weighted by Gasteiger charge is 2.29. The molecule has 10 heteroatoms. The molecule has 0 bridgehead atoms. The SMILES string of the molecule is CCC(=O)Nc1cccc(C(=O)Nc2ccc(OC)c(S(=O)(=O)N3CCOCC3)c2)c1. The molecule has 1 heterocycles. The molecule has 1 aliphatic heterocycles. The fraction of sp³-hybridized carbons (Fsp3) is 0.333. The Morgan fingerprint density at radius 2 is 1.77 bits per heavy atom. The van der Waals surface area contributed by atoms with E-state index in [0.29, 0.717) is 36.6 Å². The van der Waals surface area contributed by atoms with Gasteiger partial charge < -0.3 is 20.1 Å². The van der Waals surface area contributed by atoms with Crippen molar-refractivity contribution in [3.63, 3.8) is 0 Å². The van der Waals surface area contributed by atoms with Gasteiger partial charge in [0.1, 0.15) is 10.6 Å². The molecule has 0 radical (unpaired) electrons. The summed E-state index contributed by atoms with van der Waals surface area (Å²) in [6, 6.07) is 10.9. The number of hydrogen-bond donors (Lipinski definition) is 2. The molecule has 1 fully saturated rings. The van der Waals surface area contributed by atoms with Crippen molar-refractivity contribution >= 4 is 33.2 Å². The first-order valence-electron chi connectivity index (χ1n) is 9.82. The highest BCUT2D eigenvalue weighted by Crippen LogP contribution is 2.30. The van der Waals surface area contributed by atoms with Gasteiger partial charge >= 0.3 is 0 Å². The third kappa shape index (κ3) is 5.40. The van der Waals surface area contributed by atoms with Crippen LogP contribution in [0.25, 0.3) is 0 Å². The Bertz CT molecular complexity index is 1060. The molecule has 0 atom stereocenters. The Kier molecular flexibility index (Phi) is 7.26. The molecule has 2 aromatic rings. The monoisotopic (exact) mass is 447 g/mol. The summed E-state index contributed by atoms with van der Waals surface area (Å²) < 4.78 is 38.0. The van der Waals surface area contributed by atoms with Crippen LogP contribution in [-0.4, -0.2) is 58.0 Å². The van der Waals surface area contributed by atoms with E-state index in [4.69, 9.17) is 9.47 Å². The van der Waals surface area contributed by atoms with E-state index in [-0.39, 0.29) is 29.6 Å². The van der Waals surface area contributed by atoms with E-state index in [0.717, 1.165) is 0 Å². The quantitative estimate of drug-likeness (QED) is 0.673. The lowest BCUT2D eigenvalue weighted by Gasteiger charge is -2.26. The highest BCUT2D eigenvalue weighted by molar-refractivity contribution is 7.89. The molecule has 0 spiro atoms. The molecular formula is C21H25N3O6S. The van der Waals surface area contributed by atoms with Crippen LogP contribution in [0.5, 0.6) is 5.75 Å². The average molecular weight is 448 g/mol. The van der Waals surface area contributed by atoms with E-state index >= 15 is 0 Å². The van der Waals surface area contributed by atoms with Gasteiger partial charge in [-0.25, -0.2) is 8.42 Å². The summed E-state index contributed by atoms with van der Waals surface area (Å²) in [5, 5.41) is 5.41. The predicted octanol–water partition coefficient (Wildman–Crippen LogP) is 2.32. The van der Waals surface area contributed by atoms with Crippen molar-refractivity contribution in [2.75, 3.05) is 44.0 Å². The Morgan fingerprint density at radius 1 is 1.06 bits per heavy atom. The topological polar surface area (TPSA) is 114 Å². The number of ether oxygens (including phenoxy) is 2. The first kappa shape index (κ1) is 22.7. The summed E-state index contributed by atoms with van der Waals surface area (Å²) in [5.41, 5.74) is 1.13. The van der Waals surface area contributed by atoms with E-state index in [1.54, 1.807) is 37.3 Å². The van der Waals surface area contributed by atoms with Gasteiger partial charge in [-0.05, 0) is 36.4 Å². The lowest BCUT2D eigenvalue weighted by atomic mass is 10.1. The number of rotatable bonds is 7. The zero-order chi connectivity index (χ0) is 22.4. The molecule has 0 aliphatic carbocycles. The van der Waals surface area contributed by atoms with Gasteiger partial charge in [0.05, 0.1) is 20.3 Å². The van der Waals surface area contributed by atoms with Crippen molar-refractivity contribution in [2.45, 2.75) is 18.2 Å². The molecule has 2 aromatic carbocycles. The van der Waals surface area contributed by atoms with Crippen molar-refractivity contribution in [3.05, 3.63) is 48.0 Å². The summed E-state index contributed by atoms with van der Waals surface area (Å²) in [4.78, 5) is 24.3. The van der Waals surface area contributed by atoms with Crippen LogP contribution < -0.4 is 15.4 Å². The normalized spacial score (nSPS) is 14.6. The van der Waals surface area contributed by atoms with Crippen molar-refractivity contribution in [2.24, 2.45) is 0 Å². The third-order valence-electron chi connectivity index (χ3n) is 4.74. The van der Waals surface area contributed by atoms with Gasteiger partial charge in [-0.3, -0.25) is 9.59 Å². The molecule has 0 saturated carbocycles. The van der Waals surface area contributed by atoms with Crippen LogP contribution in [-0.2, 0) is 19.6 Å². The van der Waals surface area contributed by atoms with Gasteiger partial charge in [-0.1, -0.05) is 13.0 Å². The Balaban J connectivity index is 1.84. The fourth-order valence-electron chi connectivity index (χ4n) is 3.07. The summed E-state index contributed by atoms with van der Waals surface area (Å²) >= 11 is 0. The Morgan fingerprint density at radius 3 is 2.45 bits per heavy atom. The number of sulfonamides is 1. The van der Waals surface area contributed by atoms with Crippen molar-refractivity contribution in [1.82, 2.24) is 4.31 Å². The lowest BCUT2D eigenvalue weighted by molar-refractivity contribution is -0.115. The maximum absolute atomic E-state index is 13.1. The molecule has 0 unspecified atom stereocenters. The minimum atomic E-state index is -3.82. The maximum atomic E-state index is 13.1. The van der Waals surface area contributed by atoms with E-state index in [9.17, 15) is 18.0 Å². The largest absolute Gasteiger partial charge is 0.495 e. The van der Waals surface area contributed by atoms with Crippen LogP contribution in [0.2, 0.25) is 0 Å². The lowest BCUT2D eigenvalue weighted by Crippen LogP contribution is -2.40. The van der Waals surface area contributed by atoms with Gasteiger partial charge in [-0.2, -0.15) is 4.31 Å². The molecule has 3 rings (SSSR count). The second kappa shape index (κ2) is 9.90. The number of carbonyl (C=O) groups excluding carboxylic acids is 2. The molecule has 9 nitrogen and oxygen atoms in total. The van der Waals surface area contributed by atoms with Gasteiger partial charge in [0.2, 0.25) is 15.9 Å². The van der Waals surface area contributed by atoms with Crippen molar-refractivity contribution in [1.29, 1.82) is 0 Å². The molecule has 0 aromatic heterocycles. The summed E-state index contributed by atoms with van der Waals surface area (Å²) in [7, 11) is -2.43. The van der Waals surface area contributed by atoms with Gasteiger partial charge in [0.25, 0.3) is 5.91 Å². The van der Waals surface area contributed by atoms with Gasteiger partial charge in [0, 0.05) is 36.4 Å². The van der Waals surface area contributed by atoms with Crippen LogP contribution >= 0.6 is 0 Å². The number of amides is 2. The summed E-state index contributed by atoms with van der Waals surface area (Å²) in [5.74, 6) is -0.410. The van der Waals surface area contributed by atoms with Crippen LogP contribution in [0.3, 0.4) is 0 Å². The number of anilines is 2. The van der Waals surface area contributed by atoms with E-state index in [1.807, 2.05) is 0 Å². The minimum Gasteiger partial charge on any atom is -0.495 e. The molecular weight excluding hydrogens is 422 g/mol. The Hall–Kier alpha value is -2.95. The minimum absolute atomic E-state index is 0.0290. The second-order valence-electron chi connectivity index (χ2n) is 6.82. The van der Waals surface area contributed by atoms with Crippen molar-refractivity contribution in [3.8, 4) is 5.75 Å². The standard InChI is InChI=1S/C21H25N3O6S/c1-3-20(25)22-16-6-4-5-15(13-16)21(26)23-17-7-8-18(29-2)19(14-17)31(27,28)24-9-11-30-12-10-24/h4-8,13-14H,3,9-12H2,1-2H3,(H,22,25)(H,23,26). The van der Waals surface area contributed by atoms with Crippen LogP contribution in [0, 0.1) is 0 Å². The highest BCUT2D eigenvalue weighted by atomic mass is 32.2. The van der Waals surface area contributed by atoms with Crippen LogP contribution in [0.4, 0.5) is 11.4 Å². The van der Waals surface area contributed by atoms with E-state index < -0.39 is 15.9 Å². The summed E-state index contributed by atoms with van der Waals surface area (Å²) in [6.45, 7) is 2.88. The molecule has 2 amide bonds. The van der Waals surface area contributed by atoms with Crippen LogP contribution in [0.15, 0.2) is 47.4 Å². The molecule has 1 aliphatic rings. The first-order chi connectivity index (χ1) is 14.8. The molecule has 31 heavy (non-hydrogen) atoms. The predicted molar refractivity (Wildman–Crippen MR) is 116 cm³/mol. The molecule has 2 N–H and O–H groups in total. The fourth-order valence-corrected chi connectivity index (χ4v) is 4.66. The van der Waals surface area contributed by atoms with Gasteiger partial charge in [-0.15, -0.1) is 0 Å². The number of benzene rings is 2. The van der Waals surface area contributed by atoms with E-state index in [1.165, 1.54) is 23.5 Å². The number of carbonyl (C=O) groups is 2. The summed E-state index contributed by atoms with van der Waals surface area (Å²) in [6.07, 6.45) is 0.322. The number of nitrogens with zero attached hydrogens (tertiary/aromatic N) is 1. The maximum Gasteiger partial charge on any atom is 0.255 e. The second-order valence-corrected chi connectivity index (χ2v) is 8.73. The third-order valence-corrected chi connectivity index (χ3v) is 6.66. The number of hydrogen-bond acceptors (Lipinski definition) is 6. The smallest absolute Gasteiger partial charge is 0.255 e. The van der Waals surface area contributed by atoms with E-state index in [2.05, 4.69) is 10.6 Å². The van der Waals surface area contributed by atoms with Gasteiger partial charge in [0.15, 0.2) is 0 Å². The van der Waals surface area contributed by atoms with Crippen LogP contribution in [0.1, 0.15) is 23.7 Å².